The molecule has 0 fully saturated rings. The predicted molar refractivity (Wildman–Crippen MR) is 62.1 cm³/mol. The highest BCUT2D eigenvalue weighted by molar-refractivity contribution is 5.25. The Labute approximate surface area is 99.9 Å². The van der Waals surface area contributed by atoms with Crippen LogP contribution in [0.4, 0.5) is 8.78 Å². The minimum Gasteiger partial charge on any atom is -0.376 e. The second-order valence-corrected chi connectivity index (χ2v) is 4.11. The van der Waals surface area contributed by atoms with E-state index in [0.717, 1.165) is 6.07 Å². The minimum absolute atomic E-state index is 0.165. The topological polar surface area (TPSA) is 47.3 Å². The van der Waals surface area contributed by atoms with Crippen molar-refractivity contribution >= 4 is 0 Å². The van der Waals surface area contributed by atoms with Gasteiger partial charge in [0.25, 0.3) is 0 Å². The van der Waals surface area contributed by atoms with Crippen molar-refractivity contribution in [2.75, 3.05) is 7.11 Å². The Kier molecular flexibility index (Phi) is 4.56. The van der Waals surface area contributed by atoms with Gasteiger partial charge in [0.2, 0.25) is 0 Å². The third-order valence-corrected chi connectivity index (χ3v) is 3.24. The van der Waals surface area contributed by atoms with E-state index in [1.165, 1.54) is 19.2 Å². The molecule has 1 aromatic carbocycles. The average molecular weight is 244 g/mol. The fourth-order valence-electron chi connectivity index (χ4n) is 1.80. The molecule has 1 aromatic rings. The van der Waals surface area contributed by atoms with Gasteiger partial charge in [-0.2, -0.15) is 0 Å². The standard InChI is InChI=1S/C12H18F2N2O/c1-4-12(2,17-3)11(16-15)8-6-5-7-9(13)10(8)14/h5-7,11,16H,4,15H2,1-3H3. The molecule has 0 aliphatic carbocycles. The molecule has 3 N–H and O–H groups in total. The summed E-state index contributed by atoms with van der Waals surface area (Å²) in [4.78, 5) is 0. The maximum absolute atomic E-state index is 13.7. The monoisotopic (exact) mass is 244 g/mol. The van der Waals surface area contributed by atoms with Crippen LogP contribution in [0.25, 0.3) is 0 Å². The zero-order valence-electron chi connectivity index (χ0n) is 10.3. The van der Waals surface area contributed by atoms with Gasteiger partial charge in [-0.1, -0.05) is 19.1 Å². The van der Waals surface area contributed by atoms with Crippen LogP contribution in [-0.4, -0.2) is 12.7 Å². The first kappa shape index (κ1) is 14.0. The summed E-state index contributed by atoms with van der Waals surface area (Å²) in [6.07, 6.45) is 0.605. The van der Waals surface area contributed by atoms with E-state index in [0.29, 0.717) is 6.42 Å². The lowest BCUT2D eigenvalue weighted by atomic mass is 9.88. The number of ether oxygens (including phenoxy) is 1. The lowest BCUT2D eigenvalue weighted by molar-refractivity contribution is -0.0310. The van der Waals surface area contributed by atoms with E-state index in [-0.39, 0.29) is 5.56 Å². The Balaban J connectivity index is 3.22. The number of benzene rings is 1. The Morgan fingerprint density at radius 2 is 2.12 bits per heavy atom. The van der Waals surface area contributed by atoms with E-state index in [9.17, 15) is 8.78 Å². The second-order valence-electron chi connectivity index (χ2n) is 4.11. The molecular weight excluding hydrogens is 226 g/mol. The van der Waals surface area contributed by atoms with E-state index < -0.39 is 23.3 Å². The highest BCUT2D eigenvalue weighted by Crippen LogP contribution is 2.32. The molecule has 2 unspecified atom stereocenters. The number of halogens is 2. The maximum Gasteiger partial charge on any atom is 0.163 e. The summed E-state index contributed by atoms with van der Waals surface area (Å²) in [5, 5.41) is 0. The minimum atomic E-state index is -0.896. The molecule has 0 saturated heterocycles. The first-order valence-corrected chi connectivity index (χ1v) is 5.45. The number of nitrogens with one attached hydrogen (secondary N) is 1. The molecule has 0 bridgehead atoms. The van der Waals surface area contributed by atoms with E-state index in [1.807, 2.05) is 6.92 Å². The molecule has 0 saturated carbocycles. The molecule has 5 heteroatoms. The molecule has 0 aliphatic rings. The van der Waals surface area contributed by atoms with Crippen LogP contribution in [0.1, 0.15) is 31.9 Å². The normalized spacial score (nSPS) is 16.6. The summed E-state index contributed by atoms with van der Waals surface area (Å²) >= 11 is 0. The SMILES string of the molecule is CCC(C)(OC)C(NN)c1cccc(F)c1F. The van der Waals surface area contributed by atoms with Gasteiger partial charge in [-0.05, 0) is 19.4 Å². The quantitative estimate of drug-likeness (QED) is 0.617. The number of hydrogen-bond acceptors (Lipinski definition) is 3. The fourth-order valence-corrected chi connectivity index (χ4v) is 1.80. The van der Waals surface area contributed by atoms with Crippen molar-refractivity contribution in [2.45, 2.75) is 31.9 Å². The number of rotatable bonds is 5. The van der Waals surface area contributed by atoms with Gasteiger partial charge in [-0.25, -0.2) is 14.2 Å². The predicted octanol–water partition coefficient (Wildman–Crippen LogP) is 2.28. The van der Waals surface area contributed by atoms with E-state index >= 15 is 0 Å². The Morgan fingerprint density at radius 1 is 1.47 bits per heavy atom. The van der Waals surface area contributed by atoms with E-state index in [2.05, 4.69) is 5.43 Å². The molecule has 0 aliphatic heterocycles. The molecule has 0 heterocycles. The van der Waals surface area contributed by atoms with Crippen LogP contribution in [-0.2, 0) is 4.74 Å². The van der Waals surface area contributed by atoms with Crippen molar-refractivity contribution in [1.82, 2.24) is 5.43 Å². The van der Waals surface area contributed by atoms with Crippen LogP contribution in [0.15, 0.2) is 18.2 Å². The molecule has 96 valence electrons. The van der Waals surface area contributed by atoms with Gasteiger partial charge in [0, 0.05) is 12.7 Å². The fraction of sp³-hybridized carbons (Fsp3) is 0.500. The molecule has 2 atom stereocenters. The van der Waals surface area contributed by atoms with Gasteiger partial charge >= 0.3 is 0 Å². The van der Waals surface area contributed by atoms with Crippen LogP contribution < -0.4 is 11.3 Å². The first-order valence-electron chi connectivity index (χ1n) is 5.45. The lowest BCUT2D eigenvalue weighted by Crippen LogP contribution is -2.46. The van der Waals surface area contributed by atoms with Gasteiger partial charge in [0.05, 0.1) is 11.6 Å². The number of nitrogens with two attached hydrogens (primary N) is 1. The Hall–Kier alpha value is -1.04. The van der Waals surface area contributed by atoms with Crippen LogP contribution in [0, 0.1) is 11.6 Å². The summed E-state index contributed by atoms with van der Waals surface area (Å²) in [5.41, 5.74) is 1.96. The summed E-state index contributed by atoms with van der Waals surface area (Å²) < 4.78 is 32.3. The number of methoxy groups -OCH3 is 1. The van der Waals surface area contributed by atoms with Crippen LogP contribution in [0.5, 0.6) is 0 Å². The van der Waals surface area contributed by atoms with Crippen molar-refractivity contribution in [3.63, 3.8) is 0 Å². The maximum atomic E-state index is 13.7. The molecular formula is C12H18F2N2O. The highest BCUT2D eigenvalue weighted by Gasteiger charge is 2.35. The first-order chi connectivity index (χ1) is 8.00. The molecule has 0 radical (unpaired) electrons. The van der Waals surface area contributed by atoms with Crippen molar-refractivity contribution in [3.05, 3.63) is 35.4 Å². The van der Waals surface area contributed by atoms with Gasteiger partial charge in [0.15, 0.2) is 11.6 Å². The van der Waals surface area contributed by atoms with Crippen LogP contribution >= 0.6 is 0 Å². The van der Waals surface area contributed by atoms with Crippen molar-refractivity contribution in [3.8, 4) is 0 Å². The summed E-state index contributed by atoms with van der Waals surface area (Å²) in [6.45, 7) is 3.69. The average Bonchev–Trinajstić information content (AvgIpc) is 2.35. The zero-order valence-corrected chi connectivity index (χ0v) is 10.3. The second kappa shape index (κ2) is 5.53. The summed E-state index contributed by atoms with van der Waals surface area (Å²) in [7, 11) is 1.52. The molecule has 17 heavy (non-hydrogen) atoms. The van der Waals surface area contributed by atoms with Gasteiger partial charge in [-0.15, -0.1) is 0 Å². The molecule has 0 amide bonds. The van der Waals surface area contributed by atoms with Gasteiger partial charge in [0.1, 0.15) is 0 Å². The van der Waals surface area contributed by atoms with Crippen molar-refractivity contribution in [2.24, 2.45) is 5.84 Å². The smallest absolute Gasteiger partial charge is 0.163 e. The molecule has 3 nitrogen and oxygen atoms in total. The van der Waals surface area contributed by atoms with E-state index in [4.69, 9.17) is 10.6 Å². The summed E-state index contributed by atoms with van der Waals surface area (Å²) in [6, 6.07) is 3.40. The van der Waals surface area contributed by atoms with E-state index in [1.54, 1.807) is 6.92 Å². The Morgan fingerprint density at radius 3 is 2.59 bits per heavy atom. The van der Waals surface area contributed by atoms with Crippen molar-refractivity contribution < 1.29 is 13.5 Å². The van der Waals surface area contributed by atoms with Gasteiger partial charge < -0.3 is 4.74 Å². The molecule has 0 aromatic heterocycles. The highest BCUT2D eigenvalue weighted by atomic mass is 19.2. The molecule has 0 spiro atoms. The summed E-state index contributed by atoms with van der Waals surface area (Å²) in [5.74, 6) is 3.65. The van der Waals surface area contributed by atoms with Crippen LogP contribution in [0.2, 0.25) is 0 Å². The van der Waals surface area contributed by atoms with Crippen molar-refractivity contribution in [1.29, 1.82) is 0 Å². The number of hydrazine groups is 1. The third-order valence-electron chi connectivity index (χ3n) is 3.24. The third kappa shape index (κ3) is 2.62. The molecule has 1 rings (SSSR count). The van der Waals surface area contributed by atoms with Crippen LogP contribution in [0.3, 0.4) is 0 Å². The Bertz CT molecular complexity index is 381. The van der Waals surface area contributed by atoms with Gasteiger partial charge in [-0.3, -0.25) is 5.84 Å². The lowest BCUT2D eigenvalue weighted by Gasteiger charge is -2.35. The zero-order chi connectivity index (χ0) is 13.1. The largest absolute Gasteiger partial charge is 0.376 e. The number of hydrogen-bond donors (Lipinski definition) is 2.